The van der Waals surface area contributed by atoms with Crippen LogP contribution in [0, 0.1) is 6.92 Å². The Balaban J connectivity index is 2.01. The zero-order chi connectivity index (χ0) is 17.7. The highest BCUT2D eigenvalue weighted by Crippen LogP contribution is 2.21. The molecule has 8 heteroatoms. The first-order valence-corrected chi connectivity index (χ1v) is 8.67. The van der Waals surface area contributed by atoms with E-state index in [-0.39, 0.29) is 11.3 Å². The molecule has 1 aromatic heterocycles. The number of amides is 2. The number of hydrazine groups is 1. The summed E-state index contributed by atoms with van der Waals surface area (Å²) in [6.07, 6.45) is 2.90. The van der Waals surface area contributed by atoms with Gasteiger partial charge in [-0.25, -0.2) is 4.98 Å². The number of rotatable bonds is 5. The monoisotopic (exact) mass is 367 g/mol. The Kier molecular flexibility index (Phi) is 6.16. The summed E-state index contributed by atoms with van der Waals surface area (Å²) in [5.41, 5.74) is 5.21. The van der Waals surface area contributed by atoms with Gasteiger partial charge in [0.2, 0.25) is 0 Å². The zero-order valence-electron chi connectivity index (χ0n) is 13.4. The Hall–Kier alpha value is -2.12. The maximum Gasteiger partial charge on any atom is 0.281 e. The number of nitrogens with one attached hydrogen (secondary N) is 2. The van der Waals surface area contributed by atoms with Gasteiger partial charge in [0.05, 0.1) is 16.3 Å². The van der Waals surface area contributed by atoms with E-state index in [1.165, 1.54) is 29.5 Å². The first-order chi connectivity index (χ1) is 11.4. The summed E-state index contributed by atoms with van der Waals surface area (Å²) in [4.78, 5) is 29.0. The Morgan fingerprint density at radius 1 is 1.29 bits per heavy atom. The number of unbranched alkanes of at least 4 members (excludes halogenated alkanes) is 1. The second-order valence-electron chi connectivity index (χ2n) is 5.20. The molecule has 2 amide bonds. The van der Waals surface area contributed by atoms with Crippen LogP contribution in [0.3, 0.4) is 0 Å². The van der Waals surface area contributed by atoms with Crippen LogP contribution in [0.2, 0.25) is 5.02 Å². The normalized spacial score (nSPS) is 10.5. The Labute approximate surface area is 148 Å². The van der Waals surface area contributed by atoms with E-state index in [0.717, 1.165) is 24.3 Å². The molecule has 0 radical (unpaired) electrons. The number of halogens is 1. The summed E-state index contributed by atoms with van der Waals surface area (Å²) in [6, 6.07) is 4.09. The highest BCUT2D eigenvalue weighted by Gasteiger charge is 2.17. The maximum atomic E-state index is 12.2. The van der Waals surface area contributed by atoms with Crippen LogP contribution in [-0.2, 0) is 6.42 Å². The molecule has 1 heterocycles. The van der Waals surface area contributed by atoms with Gasteiger partial charge in [-0.3, -0.25) is 20.4 Å². The topological polar surface area (TPSA) is 91.3 Å². The van der Waals surface area contributed by atoms with Gasteiger partial charge in [0, 0.05) is 5.02 Å². The summed E-state index contributed by atoms with van der Waals surface area (Å²) in [5, 5.41) is 10.9. The number of phenols is 1. The van der Waals surface area contributed by atoms with Crippen molar-refractivity contribution in [1.29, 1.82) is 0 Å². The lowest BCUT2D eigenvalue weighted by atomic mass is 10.2. The number of nitrogens with zero attached hydrogens (tertiary/aromatic N) is 1. The molecular weight excluding hydrogens is 350 g/mol. The first-order valence-electron chi connectivity index (χ1n) is 7.47. The van der Waals surface area contributed by atoms with Crippen molar-refractivity contribution in [2.45, 2.75) is 33.1 Å². The van der Waals surface area contributed by atoms with E-state index in [1.54, 1.807) is 6.92 Å². The number of aromatic nitrogens is 1. The number of carbonyl (C=O) groups excluding carboxylic acids is 2. The molecule has 2 rings (SSSR count). The van der Waals surface area contributed by atoms with E-state index >= 15 is 0 Å². The largest absolute Gasteiger partial charge is 0.507 e. The summed E-state index contributed by atoms with van der Waals surface area (Å²) < 4.78 is 0. The van der Waals surface area contributed by atoms with Crippen molar-refractivity contribution in [2.75, 3.05) is 0 Å². The average molecular weight is 368 g/mol. The molecule has 2 aromatic rings. The lowest BCUT2D eigenvalue weighted by Crippen LogP contribution is -2.41. The number of hydrogen-bond donors (Lipinski definition) is 3. The first kappa shape index (κ1) is 18.2. The minimum Gasteiger partial charge on any atom is -0.507 e. The van der Waals surface area contributed by atoms with E-state index in [9.17, 15) is 14.7 Å². The lowest BCUT2D eigenvalue weighted by molar-refractivity contribution is 0.0846. The molecule has 0 unspecified atom stereocenters. The number of aromatic hydroxyl groups is 1. The molecule has 0 spiro atoms. The molecule has 0 aliphatic heterocycles. The number of benzene rings is 1. The van der Waals surface area contributed by atoms with Gasteiger partial charge in [-0.05, 0) is 38.0 Å². The molecule has 0 saturated heterocycles. The quantitative estimate of drug-likeness (QED) is 0.707. The molecule has 24 heavy (non-hydrogen) atoms. The fourth-order valence-corrected chi connectivity index (χ4v) is 3.20. The summed E-state index contributed by atoms with van der Waals surface area (Å²) in [5.74, 6) is -1.32. The fraction of sp³-hybridized carbons (Fsp3) is 0.312. The third kappa shape index (κ3) is 4.46. The molecule has 6 nitrogen and oxygen atoms in total. The van der Waals surface area contributed by atoms with E-state index in [4.69, 9.17) is 11.6 Å². The number of carbonyl (C=O) groups is 2. The second kappa shape index (κ2) is 8.12. The number of hydrogen-bond acceptors (Lipinski definition) is 5. The Morgan fingerprint density at radius 3 is 2.71 bits per heavy atom. The predicted molar refractivity (Wildman–Crippen MR) is 93.5 cm³/mol. The van der Waals surface area contributed by atoms with Gasteiger partial charge in [0.15, 0.2) is 0 Å². The van der Waals surface area contributed by atoms with Crippen LogP contribution < -0.4 is 10.9 Å². The van der Waals surface area contributed by atoms with E-state index in [0.29, 0.717) is 15.6 Å². The van der Waals surface area contributed by atoms with Gasteiger partial charge in [0.1, 0.15) is 10.6 Å². The van der Waals surface area contributed by atoms with E-state index in [2.05, 4.69) is 22.8 Å². The van der Waals surface area contributed by atoms with Crippen molar-refractivity contribution in [2.24, 2.45) is 0 Å². The smallest absolute Gasteiger partial charge is 0.281 e. The van der Waals surface area contributed by atoms with Crippen molar-refractivity contribution < 1.29 is 14.7 Å². The molecule has 0 atom stereocenters. The van der Waals surface area contributed by atoms with Crippen LogP contribution in [0.25, 0.3) is 0 Å². The minimum absolute atomic E-state index is 0.0209. The van der Waals surface area contributed by atoms with Gasteiger partial charge in [0.25, 0.3) is 11.8 Å². The standard InChI is InChI=1S/C16H18ClN3O3S/c1-3-4-5-13-18-9(2)14(24-13)16(23)20-19-15(22)11-8-10(17)6-7-12(11)21/h6-8,21H,3-5H2,1-2H3,(H,19,22)(H,20,23). The highest BCUT2D eigenvalue weighted by molar-refractivity contribution is 7.13. The lowest BCUT2D eigenvalue weighted by Gasteiger charge is -2.08. The van der Waals surface area contributed by atoms with Gasteiger partial charge in [-0.2, -0.15) is 0 Å². The SMILES string of the molecule is CCCCc1nc(C)c(C(=O)NNC(=O)c2cc(Cl)ccc2O)s1. The molecule has 0 saturated carbocycles. The molecule has 0 bridgehead atoms. The maximum absolute atomic E-state index is 12.2. The molecule has 0 aliphatic rings. The highest BCUT2D eigenvalue weighted by atomic mass is 35.5. The van der Waals surface area contributed by atoms with Gasteiger partial charge < -0.3 is 5.11 Å². The zero-order valence-corrected chi connectivity index (χ0v) is 14.9. The Bertz CT molecular complexity index is 761. The number of aryl methyl sites for hydroxylation is 2. The van der Waals surface area contributed by atoms with Crippen molar-refractivity contribution in [3.63, 3.8) is 0 Å². The van der Waals surface area contributed by atoms with Crippen molar-refractivity contribution in [1.82, 2.24) is 15.8 Å². The van der Waals surface area contributed by atoms with Crippen LogP contribution in [0.4, 0.5) is 0 Å². The van der Waals surface area contributed by atoms with Crippen LogP contribution in [0.5, 0.6) is 5.75 Å². The Morgan fingerprint density at radius 2 is 2.00 bits per heavy atom. The van der Waals surface area contributed by atoms with E-state index in [1.807, 2.05) is 0 Å². The molecule has 1 aromatic carbocycles. The van der Waals surface area contributed by atoms with Gasteiger partial charge in [-0.15, -0.1) is 11.3 Å². The van der Waals surface area contributed by atoms with Crippen molar-refractivity contribution in [3.05, 3.63) is 44.4 Å². The minimum atomic E-state index is -0.656. The van der Waals surface area contributed by atoms with Crippen LogP contribution in [-0.4, -0.2) is 21.9 Å². The van der Waals surface area contributed by atoms with Crippen LogP contribution in [0.15, 0.2) is 18.2 Å². The molecule has 3 N–H and O–H groups in total. The predicted octanol–water partition coefficient (Wildman–Crippen LogP) is 3.23. The second-order valence-corrected chi connectivity index (χ2v) is 6.72. The number of phenolic OH excluding ortho intramolecular Hbond substituents is 1. The van der Waals surface area contributed by atoms with E-state index < -0.39 is 11.8 Å². The molecule has 128 valence electrons. The third-order valence-corrected chi connectivity index (χ3v) is 4.74. The average Bonchev–Trinajstić information content (AvgIpc) is 2.93. The van der Waals surface area contributed by atoms with Gasteiger partial charge >= 0.3 is 0 Å². The fourth-order valence-electron chi connectivity index (χ4n) is 2.03. The molecule has 0 fully saturated rings. The summed E-state index contributed by atoms with van der Waals surface area (Å²) in [7, 11) is 0. The van der Waals surface area contributed by atoms with Crippen molar-refractivity contribution in [3.8, 4) is 5.75 Å². The van der Waals surface area contributed by atoms with Crippen molar-refractivity contribution >= 4 is 34.8 Å². The molecular formula is C16H18ClN3O3S. The molecule has 0 aliphatic carbocycles. The van der Waals surface area contributed by atoms with Crippen LogP contribution >= 0.6 is 22.9 Å². The number of thiazole rings is 1. The third-order valence-electron chi connectivity index (χ3n) is 3.28. The van der Waals surface area contributed by atoms with Gasteiger partial charge in [-0.1, -0.05) is 24.9 Å². The van der Waals surface area contributed by atoms with Crippen LogP contribution in [0.1, 0.15) is 50.5 Å². The summed E-state index contributed by atoms with van der Waals surface area (Å²) in [6.45, 7) is 3.85. The summed E-state index contributed by atoms with van der Waals surface area (Å²) >= 11 is 7.12.